The molecule has 1 N–H and O–H groups in total. The van der Waals surface area contributed by atoms with E-state index in [-0.39, 0.29) is 11.7 Å². The summed E-state index contributed by atoms with van der Waals surface area (Å²) in [6, 6.07) is 6.85. The molecule has 0 saturated heterocycles. The van der Waals surface area contributed by atoms with Crippen LogP contribution in [-0.4, -0.2) is 18.0 Å². The largest absolute Gasteiger partial charge is 0.496 e. The molecule has 0 aliphatic rings. The smallest absolute Gasteiger partial charge is 0.253 e. The highest BCUT2D eigenvalue weighted by atomic mass is 35.5. The predicted molar refractivity (Wildman–Crippen MR) is 78.1 cm³/mol. The van der Waals surface area contributed by atoms with Gasteiger partial charge in [0.05, 0.1) is 18.7 Å². The second-order valence-electron chi connectivity index (χ2n) is 4.45. The molecule has 2 rings (SSSR count). The molecule has 2 aromatic rings. The number of carbonyl (C=O) groups is 1. The maximum atomic E-state index is 13.4. The van der Waals surface area contributed by atoms with Gasteiger partial charge < -0.3 is 10.1 Å². The van der Waals surface area contributed by atoms with Crippen LogP contribution in [0.15, 0.2) is 36.5 Å². The van der Waals surface area contributed by atoms with Gasteiger partial charge in [-0.1, -0.05) is 11.6 Å². The van der Waals surface area contributed by atoms with Crippen LogP contribution in [0.1, 0.15) is 28.9 Å². The number of pyridine rings is 1. The molecule has 1 unspecified atom stereocenters. The summed E-state index contributed by atoms with van der Waals surface area (Å²) in [6.07, 6.45) is 1.38. The van der Waals surface area contributed by atoms with Crippen molar-refractivity contribution in [2.75, 3.05) is 7.11 Å². The lowest BCUT2D eigenvalue weighted by molar-refractivity contribution is 0.0939. The van der Waals surface area contributed by atoms with E-state index in [0.29, 0.717) is 22.0 Å². The summed E-state index contributed by atoms with van der Waals surface area (Å²) >= 11 is 5.67. The van der Waals surface area contributed by atoms with Crippen LogP contribution in [0.5, 0.6) is 5.75 Å². The number of benzene rings is 1. The van der Waals surface area contributed by atoms with Gasteiger partial charge in [-0.15, -0.1) is 0 Å². The first-order valence-corrected chi connectivity index (χ1v) is 6.65. The van der Waals surface area contributed by atoms with Gasteiger partial charge in [0.1, 0.15) is 16.7 Å². The fourth-order valence-electron chi connectivity index (χ4n) is 1.91. The van der Waals surface area contributed by atoms with E-state index in [2.05, 4.69) is 10.3 Å². The average Bonchev–Trinajstić information content (AvgIpc) is 2.47. The Morgan fingerprint density at radius 2 is 2.14 bits per heavy atom. The van der Waals surface area contributed by atoms with E-state index in [9.17, 15) is 9.18 Å². The number of hydrogen-bond donors (Lipinski definition) is 1. The van der Waals surface area contributed by atoms with Crippen molar-refractivity contribution < 1.29 is 13.9 Å². The Balaban J connectivity index is 2.17. The summed E-state index contributed by atoms with van der Waals surface area (Å²) in [5.41, 5.74) is 0.939. The van der Waals surface area contributed by atoms with Gasteiger partial charge in [0.25, 0.3) is 5.91 Å². The Morgan fingerprint density at radius 3 is 2.76 bits per heavy atom. The zero-order valence-corrected chi connectivity index (χ0v) is 12.3. The summed E-state index contributed by atoms with van der Waals surface area (Å²) in [6.45, 7) is 1.75. The zero-order chi connectivity index (χ0) is 15.4. The average molecular weight is 309 g/mol. The van der Waals surface area contributed by atoms with Crippen LogP contribution in [0.25, 0.3) is 0 Å². The molecular weight excluding hydrogens is 295 g/mol. The van der Waals surface area contributed by atoms with Gasteiger partial charge in [-0.2, -0.15) is 0 Å². The predicted octanol–water partition coefficient (Wildman–Crippen LogP) is 3.37. The third kappa shape index (κ3) is 3.70. The highest BCUT2D eigenvalue weighted by Gasteiger charge is 2.16. The number of ether oxygens (including phenoxy) is 1. The second kappa shape index (κ2) is 6.54. The van der Waals surface area contributed by atoms with Gasteiger partial charge >= 0.3 is 0 Å². The highest BCUT2D eigenvalue weighted by molar-refractivity contribution is 6.29. The summed E-state index contributed by atoms with van der Waals surface area (Å²) in [5, 5.41) is 3.08. The monoisotopic (exact) mass is 308 g/mol. The van der Waals surface area contributed by atoms with E-state index in [1.165, 1.54) is 37.6 Å². The maximum absolute atomic E-state index is 13.4. The molecular formula is C15H14ClFN2O2. The lowest BCUT2D eigenvalue weighted by atomic mass is 10.1. The van der Waals surface area contributed by atoms with E-state index < -0.39 is 6.04 Å². The van der Waals surface area contributed by atoms with Crippen LogP contribution in [0.4, 0.5) is 4.39 Å². The number of amides is 1. The van der Waals surface area contributed by atoms with Crippen molar-refractivity contribution in [3.05, 3.63) is 58.6 Å². The number of aromatic nitrogens is 1. The molecule has 1 aromatic carbocycles. The number of hydrogen-bond acceptors (Lipinski definition) is 3. The molecule has 6 heteroatoms. The minimum absolute atomic E-state index is 0.311. The van der Waals surface area contributed by atoms with Gasteiger partial charge in [-0.3, -0.25) is 4.79 Å². The Hall–Kier alpha value is -2.14. The highest BCUT2D eigenvalue weighted by Crippen LogP contribution is 2.26. The van der Waals surface area contributed by atoms with Gasteiger partial charge in [0.15, 0.2) is 0 Å². The minimum atomic E-state index is -0.418. The van der Waals surface area contributed by atoms with Crippen LogP contribution in [0, 0.1) is 5.82 Å². The Labute approximate surface area is 126 Å². The van der Waals surface area contributed by atoms with Crippen molar-refractivity contribution in [1.29, 1.82) is 0 Å². The Bertz CT molecular complexity index is 647. The standard InChI is InChI=1S/C15H14ClFN2O2/c1-9(12-7-11(17)4-5-13(12)21-2)19-15(20)10-3-6-14(16)18-8-10/h3-9H,1-2H3,(H,19,20). The number of nitrogens with one attached hydrogen (secondary N) is 1. The normalized spacial score (nSPS) is 11.8. The molecule has 4 nitrogen and oxygen atoms in total. The molecule has 0 saturated carbocycles. The number of methoxy groups -OCH3 is 1. The maximum Gasteiger partial charge on any atom is 0.253 e. The number of carbonyl (C=O) groups excluding carboxylic acids is 1. The molecule has 1 amide bonds. The Morgan fingerprint density at radius 1 is 1.38 bits per heavy atom. The molecule has 21 heavy (non-hydrogen) atoms. The molecule has 110 valence electrons. The molecule has 0 spiro atoms. The van der Waals surface area contributed by atoms with Gasteiger partial charge in [0, 0.05) is 11.8 Å². The number of halogens is 2. The fraction of sp³-hybridized carbons (Fsp3) is 0.200. The first-order valence-electron chi connectivity index (χ1n) is 6.27. The van der Waals surface area contributed by atoms with E-state index in [0.717, 1.165) is 0 Å². The van der Waals surface area contributed by atoms with Crippen LogP contribution < -0.4 is 10.1 Å². The first-order chi connectivity index (χ1) is 10.0. The zero-order valence-electron chi connectivity index (χ0n) is 11.6. The van der Waals surface area contributed by atoms with Crippen molar-refractivity contribution in [3.8, 4) is 5.75 Å². The van der Waals surface area contributed by atoms with E-state index >= 15 is 0 Å². The topological polar surface area (TPSA) is 51.2 Å². The summed E-state index contributed by atoms with van der Waals surface area (Å²) in [7, 11) is 1.49. The van der Waals surface area contributed by atoms with Crippen molar-refractivity contribution in [3.63, 3.8) is 0 Å². The van der Waals surface area contributed by atoms with E-state index in [4.69, 9.17) is 16.3 Å². The number of nitrogens with zero attached hydrogens (tertiary/aromatic N) is 1. The summed E-state index contributed by atoms with van der Waals surface area (Å²) in [4.78, 5) is 15.9. The van der Waals surface area contributed by atoms with Crippen molar-refractivity contribution >= 4 is 17.5 Å². The minimum Gasteiger partial charge on any atom is -0.496 e. The van der Waals surface area contributed by atoms with Crippen LogP contribution in [0.3, 0.4) is 0 Å². The lowest BCUT2D eigenvalue weighted by Gasteiger charge is -2.17. The third-order valence-electron chi connectivity index (χ3n) is 3.00. The number of rotatable bonds is 4. The molecule has 0 bridgehead atoms. The molecule has 1 aromatic heterocycles. The molecule has 1 heterocycles. The third-order valence-corrected chi connectivity index (χ3v) is 3.22. The first kappa shape index (κ1) is 15.3. The SMILES string of the molecule is COc1ccc(F)cc1C(C)NC(=O)c1ccc(Cl)nc1. The van der Waals surface area contributed by atoms with Crippen molar-refractivity contribution in [2.24, 2.45) is 0 Å². The molecule has 1 atom stereocenters. The van der Waals surface area contributed by atoms with Gasteiger partial charge in [-0.05, 0) is 37.3 Å². The van der Waals surface area contributed by atoms with Crippen molar-refractivity contribution in [1.82, 2.24) is 10.3 Å². The van der Waals surface area contributed by atoms with Gasteiger partial charge in [-0.25, -0.2) is 9.37 Å². The quantitative estimate of drug-likeness (QED) is 0.881. The van der Waals surface area contributed by atoms with E-state index in [1.54, 1.807) is 13.0 Å². The fourth-order valence-corrected chi connectivity index (χ4v) is 2.02. The molecule has 0 aliphatic heterocycles. The van der Waals surface area contributed by atoms with Crippen LogP contribution >= 0.6 is 11.6 Å². The molecule has 0 radical (unpaired) electrons. The van der Waals surface area contributed by atoms with Crippen molar-refractivity contribution in [2.45, 2.75) is 13.0 Å². The second-order valence-corrected chi connectivity index (χ2v) is 4.84. The lowest BCUT2D eigenvalue weighted by Crippen LogP contribution is -2.27. The molecule has 0 fully saturated rings. The summed E-state index contributed by atoms with van der Waals surface area (Å²) in [5.74, 6) is -0.198. The van der Waals surface area contributed by atoms with Crippen LogP contribution in [-0.2, 0) is 0 Å². The Kier molecular flexibility index (Phi) is 4.75. The van der Waals surface area contributed by atoms with E-state index in [1.807, 2.05) is 0 Å². The summed E-state index contributed by atoms with van der Waals surface area (Å²) < 4.78 is 18.5. The van der Waals surface area contributed by atoms with Gasteiger partial charge in [0.2, 0.25) is 0 Å². The van der Waals surface area contributed by atoms with Crippen LogP contribution in [0.2, 0.25) is 5.15 Å². The molecule has 0 aliphatic carbocycles.